The minimum absolute atomic E-state index is 0. The van der Waals surface area contributed by atoms with Crippen molar-refractivity contribution in [2.24, 2.45) is 0 Å². The van der Waals surface area contributed by atoms with Crippen molar-refractivity contribution in [1.82, 2.24) is 35.7 Å². The third-order valence-electron chi connectivity index (χ3n) is 7.12. The van der Waals surface area contributed by atoms with E-state index in [9.17, 15) is 4.79 Å². The number of methoxy groups -OCH3 is 1. The van der Waals surface area contributed by atoms with Gasteiger partial charge in [0.2, 0.25) is 0 Å². The largest absolute Gasteiger partial charge is 0.494 e. The Kier molecular flexibility index (Phi) is 9.82. The zero-order valence-corrected chi connectivity index (χ0v) is 26.1. The van der Waals surface area contributed by atoms with Gasteiger partial charge in [0, 0.05) is 49.3 Å². The molecule has 0 radical (unpaired) electrons. The molecular formula is C30H38ClN9O3. The molecule has 12 nitrogen and oxygen atoms in total. The van der Waals surface area contributed by atoms with Crippen molar-refractivity contribution in [2.75, 3.05) is 43.5 Å². The van der Waals surface area contributed by atoms with Crippen LogP contribution in [0.2, 0.25) is 0 Å². The van der Waals surface area contributed by atoms with E-state index in [-0.39, 0.29) is 29.8 Å². The van der Waals surface area contributed by atoms with Gasteiger partial charge in [0.1, 0.15) is 23.7 Å². The molecule has 13 heteroatoms. The van der Waals surface area contributed by atoms with Crippen LogP contribution in [0.5, 0.6) is 5.75 Å². The molecule has 43 heavy (non-hydrogen) atoms. The Balaban J connectivity index is 0.00000423. The van der Waals surface area contributed by atoms with Crippen LogP contribution in [0.15, 0.2) is 47.4 Å². The number of hydrogen-bond acceptors (Lipinski definition) is 11. The van der Waals surface area contributed by atoms with Crippen molar-refractivity contribution in [2.45, 2.75) is 46.1 Å². The van der Waals surface area contributed by atoms with Gasteiger partial charge in [0.15, 0.2) is 5.82 Å². The molecule has 3 aromatic heterocycles. The number of aromatic nitrogens is 5. The number of nitrogens with zero attached hydrogens (tertiary/aromatic N) is 6. The second-order valence-corrected chi connectivity index (χ2v) is 11.3. The Hall–Kier alpha value is -4.29. The molecule has 5 rings (SSSR count). The highest BCUT2D eigenvalue weighted by Gasteiger charge is 2.25. The van der Waals surface area contributed by atoms with Crippen molar-refractivity contribution in [1.29, 1.82) is 0 Å². The number of piperazine rings is 1. The van der Waals surface area contributed by atoms with Crippen LogP contribution in [-0.4, -0.2) is 64.3 Å². The molecule has 0 aliphatic carbocycles. The lowest BCUT2D eigenvalue weighted by atomic mass is 9.96. The summed E-state index contributed by atoms with van der Waals surface area (Å²) in [6, 6.07) is 9.49. The molecule has 0 unspecified atom stereocenters. The second-order valence-electron chi connectivity index (χ2n) is 11.3. The summed E-state index contributed by atoms with van der Waals surface area (Å²) in [5.41, 5.74) is 4.31. The van der Waals surface area contributed by atoms with E-state index in [2.05, 4.69) is 45.9 Å². The van der Waals surface area contributed by atoms with Crippen molar-refractivity contribution in [3.8, 4) is 17.0 Å². The van der Waals surface area contributed by atoms with Crippen molar-refractivity contribution in [3.63, 3.8) is 0 Å². The number of rotatable bonds is 8. The number of pyridine rings is 1. The standard InChI is InChI=1S/C30H37N9O3.ClH/c1-18-13-20(7-8-21(18)19(2)35-27(40)28-37-29(38-42-28)30(3,4)5)22-14-25(34-17-33-22)36-26-15-24(41-6)23(16-32-26)39-11-9-31-10-12-39;/h7-8,13-17,19,31H,9-12H2,1-6H3,(H,35,40)(H,32,33,34,36);1H/t19-;/m1./s1. The first kappa shape index (κ1) is 31.6. The summed E-state index contributed by atoms with van der Waals surface area (Å²) in [6.45, 7) is 13.5. The van der Waals surface area contributed by atoms with Gasteiger partial charge in [-0.3, -0.25) is 4.79 Å². The predicted molar refractivity (Wildman–Crippen MR) is 167 cm³/mol. The number of hydrogen-bond donors (Lipinski definition) is 3. The lowest BCUT2D eigenvalue weighted by Crippen LogP contribution is -2.43. The van der Waals surface area contributed by atoms with Crippen LogP contribution in [0.4, 0.5) is 17.3 Å². The van der Waals surface area contributed by atoms with E-state index in [1.54, 1.807) is 7.11 Å². The van der Waals surface area contributed by atoms with Crippen LogP contribution >= 0.6 is 12.4 Å². The molecule has 1 aliphatic heterocycles. The summed E-state index contributed by atoms with van der Waals surface area (Å²) >= 11 is 0. The topological polar surface area (TPSA) is 143 Å². The molecule has 1 atom stereocenters. The van der Waals surface area contributed by atoms with Gasteiger partial charge in [-0.25, -0.2) is 15.0 Å². The maximum absolute atomic E-state index is 12.7. The van der Waals surface area contributed by atoms with E-state index in [1.807, 2.05) is 71.1 Å². The van der Waals surface area contributed by atoms with Gasteiger partial charge in [-0.1, -0.05) is 38.1 Å². The predicted octanol–water partition coefficient (Wildman–Crippen LogP) is 4.60. The molecule has 1 fully saturated rings. The fraction of sp³-hybridized carbons (Fsp3) is 0.400. The first-order chi connectivity index (χ1) is 20.1. The molecule has 0 saturated carbocycles. The van der Waals surface area contributed by atoms with Crippen LogP contribution in [0, 0.1) is 6.92 Å². The highest BCUT2D eigenvalue weighted by molar-refractivity contribution is 5.89. The van der Waals surface area contributed by atoms with Crippen molar-refractivity contribution < 1.29 is 14.1 Å². The average Bonchev–Trinajstić information content (AvgIpc) is 3.49. The number of aryl methyl sites for hydroxylation is 1. The fourth-order valence-electron chi connectivity index (χ4n) is 4.80. The summed E-state index contributed by atoms with van der Waals surface area (Å²) < 4.78 is 10.9. The summed E-state index contributed by atoms with van der Waals surface area (Å²) in [6.07, 6.45) is 3.35. The van der Waals surface area contributed by atoms with Crippen molar-refractivity contribution in [3.05, 3.63) is 65.7 Å². The summed E-state index contributed by atoms with van der Waals surface area (Å²) in [4.78, 5) is 32.7. The van der Waals surface area contributed by atoms with Gasteiger partial charge in [-0.2, -0.15) is 4.98 Å². The van der Waals surface area contributed by atoms with Crippen LogP contribution in [-0.2, 0) is 5.41 Å². The molecule has 0 spiro atoms. The Morgan fingerprint density at radius 2 is 1.84 bits per heavy atom. The molecule has 3 N–H and O–H groups in total. The fourth-order valence-corrected chi connectivity index (χ4v) is 4.80. The van der Waals surface area contributed by atoms with E-state index < -0.39 is 5.91 Å². The van der Waals surface area contributed by atoms with Crippen LogP contribution in [0.3, 0.4) is 0 Å². The zero-order valence-electron chi connectivity index (χ0n) is 25.3. The Labute approximate surface area is 257 Å². The molecule has 4 aromatic rings. The lowest BCUT2D eigenvalue weighted by Gasteiger charge is -2.30. The summed E-state index contributed by atoms with van der Waals surface area (Å²) in [5.74, 6) is 2.02. The number of carbonyl (C=O) groups is 1. The van der Waals surface area contributed by atoms with Gasteiger partial charge < -0.3 is 30.1 Å². The number of ether oxygens (including phenoxy) is 1. The smallest absolute Gasteiger partial charge is 0.315 e. The molecule has 1 amide bonds. The van der Waals surface area contributed by atoms with E-state index in [1.165, 1.54) is 6.33 Å². The number of benzene rings is 1. The quantitative estimate of drug-likeness (QED) is 0.258. The maximum Gasteiger partial charge on any atom is 0.315 e. The van der Waals surface area contributed by atoms with Gasteiger partial charge in [0.05, 0.1) is 30.7 Å². The Morgan fingerprint density at radius 3 is 2.51 bits per heavy atom. The maximum atomic E-state index is 12.7. The lowest BCUT2D eigenvalue weighted by molar-refractivity contribution is 0.0895. The molecule has 4 heterocycles. The molecule has 1 aliphatic rings. The van der Waals surface area contributed by atoms with E-state index in [4.69, 9.17) is 9.26 Å². The molecular weight excluding hydrogens is 570 g/mol. The monoisotopic (exact) mass is 607 g/mol. The van der Waals surface area contributed by atoms with Gasteiger partial charge in [-0.05, 0) is 31.0 Å². The minimum Gasteiger partial charge on any atom is -0.494 e. The molecule has 1 aromatic carbocycles. The first-order valence-corrected chi connectivity index (χ1v) is 14.0. The average molecular weight is 608 g/mol. The van der Waals surface area contributed by atoms with Gasteiger partial charge >= 0.3 is 11.8 Å². The zero-order chi connectivity index (χ0) is 29.9. The Morgan fingerprint density at radius 1 is 1.09 bits per heavy atom. The number of amides is 1. The number of carbonyl (C=O) groups excluding carboxylic acids is 1. The highest BCUT2D eigenvalue weighted by Crippen LogP contribution is 2.31. The first-order valence-electron chi connectivity index (χ1n) is 14.0. The molecule has 1 saturated heterocycles. The second kappa shape index (κ2) is 13.3. The third kappa shape index (κ3) is 7.38. The van der Waals surface area contributed by atoms with E-state index in [0.29, 0.717) is 17.5 Å². The van der Waals surface area contributed by atoms with Gasteiger partial charge in [0.25, 0.3) is 0 Å². The molecule has 228 valence electrons. The summed E-state index contributed by atoms with van der Waals surface area (Å²) in [5, 5.41) is 13.5. The van der Waals surface area contributed by atoms with E-state index >= 15 is 0 Å². The Bertz CT molecular complexity index is 1560. The minimum atomic E-state index is -0.410. The number of nitrogens with one attached hydrogen (secondary N) is 3. The number of halogens is 1. The number of anilines is 3. The highest BCUT2D eigenvalue weighted by atomic mass is 35.5. The van der Waals surface area contributed by atoms with Crippen molar-refractivity contribution >= 4 is 35.6 Å². The van der Waals surface area contributed by atoms with Gasteiger partial charge in [-0.15, -0.1) is 12.4 Å². The SMILES string of the molecule is COc1cc(Nc2cc(-c3ccc([C@@H](C)NC(=O)c4nc(C(C)(C)C)no4)c(C)c3)ncn2)ncc1N1CCNCC1.Cl. The van der Waals surface area contributed by atoms with E-state index in [0.717, 1.165) is 60.0 Å². The normalized spacial score (nSPS) is 14.0. The third-order valence-corrected chi connectivity index (χ3v) is 7.12. The van der Waals surface area contributed by atoms with Crippen LogP contribution < -0.4 is 25.6 Å². The van der Waals surface area contributed by atoms with Crippen LogP contribution in [0.25, 0.3) is 11.3 Å². The van der Waals surface area contributed by atoms with Crippen LogP contribution in [0.1, 0.15) is 61.4 Å². The molecule has 0 bridgehead atoms. The summed E-state index contributed by atoms with van der Waals surface area (Å²) in [7, 11) is 1.67.